The van der Waals surface area contributed by atoms with Gasteiger partial charge in [-0.1, -0.05) is 30.3 Å². The van der Waals surface area contributed by atoms with Crippen LogP contribution < -0.4 is 9.64 Å². The molecular weight excluding hydrogens is 378 g/mol. The van der Waals surface area contributed by atoms with Crippen LogP contribution in [0.25, 0.3) is 0 Å². The Kier molecular flexibility index (Phi) is 6.21. The Morgan fingerprint density at radius 1 is 1.00 bits per heavy atom. The molecule has 0 saturated carbocycles. The molecule has 1 heterocycles. The summed E-state index contributed by atoms with van der Waals surface area (Å²) in [6.45, 7) is 2.24. The first kappa shape index (κ1) is 20.2. The van der Waals surface area contributed by atoms with Crippen LogP contribution in [0, 0.1) is 0 Å². The Hall–Kier alpha value is -2.58. The molecule has 0 radical (unpaired) electrons. The maximum atomic E-state index is 12.6. The number of sulfonamides is 1. The van der Waals surface area contributed by atoms with Gasteiger partial charge in [-0.2, -0.15) is 4.31 Å². The predicted octanol–water partition coefficient (Wildman–Crippen LogP) is 1.66. The van der Waals surface area contributed by atoms with E-state index >= 15 is 0 Å². The Balaban J connectivity index is 1.60. The predicted molar refractivity (Wildman–Crippen MR) is 108 cm³/mol. The van der Waals surface area contributed by atoms with E-state index in [0.29, 0.717) is 26.2 Å². The molecule has 0 aliphatic carbocycles. The van der Waals surface area contributed by atoms with E-state index in [1.807, 2.05) is 24.3 Å². The van der Waals surface area contributed by atoms with Gasteiger partial charge in [0.15, 0.2) is 0 Å². The lowest BCUT2D eigenvalue weighted by Crippen LogP contribution is -2.51. The zero-order chi connectivity index (χ0) is 20.1. The topological polar surface area (TPSA) is 70.2 Å². The summed E-state index contributed by atoms with van der Waals surface area (Å²) in [6, 6.07) is 15.9. The van der Waals surface area contributed by atoms with Crippen molar-refractivity contribution in [3.63, 3.8) is 0 Å². The molecule has 8 heteroatoms. The maximum absolute atomic E-state index is 12.6. The monoisotopic (exact) mass is 403 g/mol. The smallest absolute Gasteiger partial charge is 0.243 e. The van der Waals surface area contributed by atoms with Gasteiger partial charge in [0, 0.05) is 33.2 Å². The van der Waals surface area contributed by atoms with Crippen molar-refractivity contribution in [3.8, 4) is 5.75 Å². The minimum Gasteiger partial charge on any atom is -0.495 e. The molecule has 0 N–H and O–H groups in total. The first-order valence-corrected chi connectivity index (χ1v) is 10.5. The normalized spacial score (nSPS) is 15.0. The van der Waals surface area contributed by atoms with E-state index < -0.39 is 10.0 Å². The number of anilines is 1. The quantitative estimate of drug-likeness (QED) is 0.734. The molecule has 1 fully saturated rings. The van der Waals surface area contributed by atoms with E-state index in [1.165, 1.54) is 19.2 Å². The summed E-state index contributed by atoms with van der Waals surface area (Å²) in [6.07, 6.45) is 0. The number of hydrogen-bond donors (Lipinski definition) is 0. The summed E-state index contributed by atoms with van der Waals surface area (Å²) in [5.74, 6) is 0.609. The summed E-state index contributed by atoms with van der Waals surface area (Å²) >= 11 is 0. The molecule has 150 valence electrons. The minimum absolute atomic E-state index is 0.175. The molecule has 0 unspecified atom stereocenters. The third-order valence-corrected chi connectivity index (χ3v) is 6.69. The molecule has 1 saturated heterocycles. The number of ether oxygens (including phenoxy) is 1. The number of carbonyl (C=O) groups is 1. The molecule has 1 aliphatic rings. The van der Waals surface area contributed by atoms with Crippen LogP contribution in [0.5, 0.6) is 5.75 Å². The van der Waals surface area contributed by atoms with Crippen LogP contribution in [0.2, 0.25) is 0 Å². The average molecular weight is 404 g/mol. The van der Waals surface area contributed by atoms with Gasteiger partial charge in [0.1, 0.15) is 5.75 Å². The Bertz CT molecular complexity index is 910. The second kappa shape index (κ2) is 8.62. The number of benzene rings is 2. The minimum atomic E-state index is -3.68. The van der Waals surface area contributed by atoms with Gasteiger partial charge in [0.25, 0.3) is 0 Å². The highest BCUT2D eigenvalue weighted by atomic mass is 32.2. The highest BCUT2D eigenvalue weighted by Crippen LogP contribution is 2.28. The van der Waals surface area contributed by atoms with Gasteiger partial charge < -0.3 is 14.5 Å². The van der Waals surface area contributed by atoms with Crippen molar-refractivity contribution in [1.29, 1.82) is 0 Å². The molecule has 7 nitrogen and oxygen atoms in total. The highest BCUT2D eigenvalue weighted by Gasteiger charge is 2.27. The van der Waals surface area contributed by atoms with Crippen molar-refractivity contribution >= 4 is 21.6 Å². The second-order valence-corrected chi connectivity index (χ2v) is 8.66. The maximum Gasteiger partial charge on any atom is 0.243 e. The summed E-state index contributed by atoms with van der Waals surface area (Å²) < 4.78 is 31.7. The summed E-state index contributed by atoms with van der Waals surface area (Å²) in [5, 5.41) is 0. The Morgan fingerprint density at radius 2 is 1.61 bits per heavy atom. The zero-order valence-corrected chi connectivity index (χ0v) is 16.9. The fourth-order valence-corrected chi connectivity index (χ4v) is 4.38. The van der Waals surface area contributed by atoms with Crippen LogP contribution in [-0.4, -0.2) is 70.4 Å². The number of para-hydroxylation sites is 2. The first-order valence-electron chi connectivity index (χ1n) is 9.10. The highest BCUT2D eigenvalue weighted by molar-refractivity contribution is 7.89. The third-order valence-electron chi connectivity index (χ3n) is 4.87. The molecule has 1 aliphatic heterocycles. The fourth-order valence-electron chi connectivity index (χ4n) is 3.24. The summed E-state index contributed by atoms with van der Waals surface area (Å²) in [5.41, 5.74) is 1.00. The van der Waals surface area contributed by atoms with Crippen LogP contribution in [-0.2, 0) is 14.8 Å². The second-order valence-electron chi connectivity index (χ2n) is 6.61. The van der Waals surface area contributed by atoms with Crippen LogP contribution >= 0.6 is 0 Å². The first-order chi connectivity index (χ1) is 13.4. The summed E-state index contributed by atoms with van der Waals surface area (Å²) in [4.78, 5) is 16.7. The molecule has 28 heavy (non-hydrogen) atoms. The number of likely N-dealkylation sites (N-methyl/N-ethyl adjacent to an activating group) is 1. The van der Waals surface area contributed by atoms with E-state index in [9.17, 15) is 13.2 Å². The van der Waals surface area contributed by atoms with Gasteiger partial charge in [0.2, 0.25) is 15.9 Å². The van der Waals surface area contributed by atoms with Crippen molar-refractivity contribution in [3.05, 3.63) is 54.6 Å². The molecule has 2 aromatic carbocycles. The molecule has 0 spiro atoms. The van der Waals surface area contributed by atoms with Crippen LogP contribution in [0.3, 0.4) is 0 Å². The van der Waals surface area contributed by atoms with Gasteiger partial charge in [-0.25, -0.2) is 8.42 Å². The van der Waals surface area contributed by atoms with Crippen LogP contribution in [0.4, 0.5) is 5.69 Å². The zero-order valence-electron chi connectivity index (χ0n) is 16.1. The Morgan fingerprint density at radius 3 is 2.25 bits per heavy atom. The van der Waals surface area contributed by atoms with Crippen LogP contribution in [0.1, 0.15) is 0 Å². The van der Waals surface area contributed by atoms with E-state index in [-0.39, 0.29) is 17.3 Å². The van der Waals surface area contributed by atoms with Gasteiger partial charge in [-0.3, -0.25) is 4.79 Å². The molecule has 2 aromatic rings. The number of methoxy groups -OCH3 is 1. The fraction of sp³-hybridized carbons (Fsp3) is 0.350. The largest absolute Gasteiger partial charge is 0.495 e. The van der Waals surface area contributed by atoms with E-state index in [0.717, 1.165) is 15.7 Å². The molecular formula is C20H25N3O4S. The molecule has 3 rings (SSSR count). The molecule has 0 bridgehead atoms. The lowest BCUT2D eigenvalue weighted by Gasteiger charge is -2.37. The summed E-state index contributed by atoms with van der Waals surface area (Å²) in [7, 11) is -0.600. The van der Waals surface area contributed by atoms with Gasteiger partial charge >= 0.3 is 0 Å². The number of nitrogens with zero attached hydrogens (tertiary/aromatic N) is 3. The number of amides is 1. The molecule has 1 amide bonds. The standard InChI is InChI=1S/C20H25N3O4S/c1-21(28(25,26)17-8-4-3-5-9-17)16-20(24)23-14-12-22(13-15-23)18-10-6-7-11-19(18)27-2/h3-11H,12-16H2,1-2H3. The van der Waals surface area contributed by atoms with E-state index in [2.05, 4.69) is 4.90 Å². The molecule has 0 aromatic heterocycles. The van der Waals surface area contributed by atoms with Crippen molar-refractivity contribution in [2.75, 3.05) is 51.8 Å². The lowest BCUT2D eigenvalue weighted by molar-refractivity contribution is -0.131. The number of hydrogen-bond acceptors (Lipinski definition) is 5. The van der Waals surface area contributed by atoms with E-state index in [4.69, 9.17) is 4.74 Å². The number of piperazine rings is 1. The van der Waals surface area contributed by atoms with Crippen LogP contribution in [0.15, 0.2) is 59.5 Å². The van der Waals surface area contributed by atoms with Crippen molar-refractivity contribution in [1.82, 2.24) is 9.21 Å². The van der Waals surface area contributed by atoms with Gasteiger partial charge in [-0.15, -0.1) is 0 Å². The number of rotatable bonds is 6. The van der Waals surface area contributed by atoms with Crippen molar-refractivity contribution < 1.29 is 17.9 Å². The number of carbonyl (C=O) groups excluding carboxylic acids is 1. The lowest BCUT2D eigenvalue weighted by atomic mass is 10.2. The average Bonchev–Trinajstić information content (AvgIpc) is 2.74. The van der Waals surface area contributed by atoms with E-state index in [1.54, 1.807) is 30.2 Å². The van der Waals surface area contributed by atoms with Gasteiger partial charge in [0.05, 0.1) is 24.2 Å². The third kappa shape index (κ3) is 4.28. The Labute approximate surface area is 166 Å². The van der Waals surface area contributed by atoms with Crippen molar-refractivity contribution in [2.24, 2.45) is 0 Å². The molecule has 0 atom stereocenters. The van der Waals surface area contributed by atoms with Gasteiger partial charge in [-0.05, 0) is 24.3 Å². The SMILES string of the molecule is COc1ccccc1N1CCN(C(=O)CN(C)S(=O)(=O)c2ccccc2)CC1. The van der Waals surface area contributed by atoms with Crippen molar-refractivity contribution in [2.45, 2.75) is 4.90 Å².